The van der Waals surface area contributed by atoms with Crippen LogP contribution in [0.25, 0.3) is 0 Å². The van der Waals surface area contributed by atoms with E-state index >= 15 is 0 Å². The van der Waals surface area contributed by atoms with Crippen molar-refractivity contribution < 1.29 is 26.8 Å². The van der Waals surface area contributed by atoms with E-state index in [1.54, 1.807) is 19.2 Å². The molecule has 3 aromatic rings. The van der Waals surface area contributed by atoms with E-state index in [4.69, 9.17) is 9.15 Å². The Morgan fingerprint density at radius 2 is 1.90 bits per heavy atom. The lowest BCUT2D eigenvalue weighted by molar-refractivity contribution is -0.121. The number of hydrogen-bond donors (Lipinski definition) is 1. The lowest BCUT2D eigenvalue weighted by Gasteiger charge is -2.17. The van der Waals surface area contributed by atoms with Gasteiger partial charge in [-0.2, -0.15) is 0 Å². The number of carbonyl (C=O) groups excluding carboxylic acids is 1. The summed E-state index contributed by atoms with van der Waals surface area (Å²) >= 11 is 0. The van der Waals surface area contributed by atoms with Crippen molar-refractivity contribution in [3.05, 3.63) is 83.6 Å². The van der Waals surface area contributed by atoms with Crippen molar-refractivity contribution in [1.29, 1.82) is 0 Å². The Bertz CT molecular complexity index is 1130. The topological polar surface area (TPSA) is 85.6 Å². The van der Waals surface area contributed by atoms with Crippen LogP contribution in [0.4, 0.5) is 4.39 Å². The zero-order valence-electron chi connectivity index (χ0n) is 17.3. The van der Waals surface area contributed by atoms with Gasteiger partial charge in [0.05, 0.1) is 18.3 Å². The first-order valence-corrected chi connectivity index (χ1v) is 11.3. The molecule has 1 atom stereocenters. The second-order valence-electron chi connectivity index (χ2n) is 7.11. The minimum absolute atomic E-state index is 0.0275. The van der Waals surface area contributed by atoms with Crippen molar-refractivity contribution in [3.63, 3.8) is 0 Å². The van der Waals surface area contributed by atoms with Crippen LogP contribution in [0.2, 0.25) is 0 Å². The second-order valence-corrected chi connectivity index (χ2v) is 9.24. The van der Waals surface area contributed by atoms with Gasteiger partial charge < -0.3 is 14.5 Å². The van der Waals surface area contributed by atoms with Crippen LogP contribution in [0.3, 0.4) is 0 Å². The van der Waals surface area contributed by atoms with Gasteiger partial charge in [0.1, 0.15) is 22.6 Å². The first-order valence-electron chi connectivity index (χ1n) is 9.74. The van der Waals surface area contributed by atoms with Gasteiger partial charge >= 0.3 is 0 Å². The molecule has 164 valence electrons. The molecule has 0 unspecified atom stereocenters. The third-order valence-corrected chi connectivity index (χ3v) is 7.04. The third-order valence-electron chi connectivity index (χ3n) is 4.98. The summed E-state index contributed by atoms with van der Waals surface area (Å²) in [5.41, 5.74) is 1.19. The number of hydrogen-bond acceptors (Lipinski definition) is 5. The number of carbonyl (C=O) groups is 1. The molecule has 2 aromatic carbocycles. The van der Waals surface area contributed by atoms with E-state index in [1.807, 2.05) is 24.3 Å². The first-order chi connectivity index (χ1) is 14.8. The summed E-state index contributed by atoms with van der Waals surface area (Å²) in [5.74, 6) is 0.173. The molecule has 0 radical (unpaired) electrons. The Labute approximate surface area is 181 Å². The number of amides is 1. The fourth-order valence-electron chi connectivity index (χ4n) is 3.14. The SMILES string of the molecule is COc1ccc(CCC(=O)NC[C@H](c2ccco2)S(=O)(=O)c2ccc(F)c(C)c2)cc1. The third kappa shape index (κ3) is 5.52. The average molecular weight is 446 g/mol. The van der Waals surface area contributed by atoms with E-state index in [0.717, 1.165) is 17.4 Å². The Balaban J connectivity index is 1.70. The molecule has 0 spiro atoms. The molecular weight excluding hydrogens is 421 g/mol. The minimum Gasteiger partial charge on any atom is -0.497 e. The number of benzene rings is 2. The maximum absolute atomic E-state index is 13.6. The maximum Gasteiger partial charge on any atom is 0.220 e. The molecular formula is C23H24FNO5S. The summed E-state index contributed by atoms with van der Waals surface area (Å²) < 4.78 is 50.4. The number of furan rings is 1. The first kappa shape index (κ1) is 22.6. The molecule has 3 rings (SSSR count). The molecule has 0 fully saturated rings. The van der Waals surface area contributed by atoms with Crippen LogP contribution in [0, 0.1) is 12.7 Å². The normalized spacial score (nSPS) is 12.4. The van der Waals surface area contributed by atoms with Gasteiger partial charge in [0.25, 0.3) is 0 Å². The largest absolute Gasteiger partial charge is 0.497 e. The predicted octanol–water partition coefficient (Wildman–Crippen LogP) is 4.00. The molecule has 1 heterocycles. The van der Waals surface area contributed by atoms with Gasteiger partial charge in [0, 0.05) is 13.0 Å². The summed E-state index contributed by atoms with van der Waals surface area (Å²) in [6.07, 6.45) is 2.08. The summed E-state index contributed by atoms with van der Waals surface area (Å²) in [6, 6.07) is 14.1. The summed E-state index contributed by atoms with van der Waals surface area (Å²) in [6.45, 7) is 1.34. The highest BCUT2D eigenvalue weighted by molar-refractivity contribution is 7.91. The Kier molecular flexibility index (Phi) is 7.12. The number of halogens is 1. The molecule has 0 aliphatic rings. The van der Waals surface area contributed by atoms with Gasteiger partial charge in [0.2, 0.25) is 5.91 Å². The lowest BCUT2D eigenvalue weighted by atomic mass is 10.1. The summed E-state index contributed by atoms with van der Waals surface area (Å²) in [7, 11) is -2.34. The van der Waals surface area contributed by atoms with Gasteiger partial charge in [-0.25, -0.2) is 12.8 Å². The number of methoxy groups -OCH3 is 1. The van der Waals surface area contributed by atoms with Crippen molar-refractivity contribution in [2.45, 2.75) is 29.9 Å². The maximum atomic E-state index is 13.6. The van der Waals surface area contributed by atoms with Gasteiger partial charge in [-0.1, -0.05) is 12.1 Å². The van der Waals surface area contributed by atoms with E-state index in [0.29, 0.717) is 6.42 Å². The van der Waals surface area contributed by atoms with Gasteiger partial charge in [-0.15, -0.1) is 0 Å². The van der Waals surface area contributed by atoms with Crippen molar-refractivity contribution in [2.75, 3.05) is 13.7 Å². The van der Waals surface area contributed by atoms with Crippen LogP contribution in [0.5, 0.6) is 5.75 Å². The quantitative estimate of drug-likeness (QED) is 0.503. The molecule has 0 aliphatic carbocycles. The number of nitrogens with one attached hydrogen (secondary N) is 1. The molecule has 1 amide bonds. The van der Waals surface area contributed by atoms with E-state index in [2.05, 4.69) is 5.32 Å². The zero-order chi connectivity index (χ0) is 22.4. The van der Waals surface area contributed by atoms with Gasteiger partial charge in [0.15, 0.2) is 9.84 Å². The van der Waals surface area contributed by atoms with Crippen LogP contribution in [0.1, 0.15) is 28.6 Å². The molecule has 6 nitrogen and oxygen atoms in total. The average Bonchev–Trinajstić information content (AvgIpc) is 3.28. The number of ether oxygens (including phenoxy) is 1. The Morgan fingerprint density at radius 3 is 2.52 bits per heavy atom. The van der Waals surface area contributed by atoms with Crippen molar-refractivity contribution in [3.8, 4) is 5.75 Å². The van der Waals surface area contributed by atoms with Crippen molar-refractivity contribution in [1.82, 2.24) is 5.32 Å². The Hall–Kier alpha value is -3.13. The van der Waals surface area contributed by atoms with Crippen LogP contribution in [-0.2, 0) is 21.1 Å². The number of rotatable bonds is 9. The summed E-state index contributed by atoms with van der Waals surface area (Å²) in [4.78, 5) is 12.3. The molecule has 0 saturated heterocycles. The molecule has 0 aliphatic heterocycles. The van der Waals surface area contributed by atoms with E-state index in [9.17, 15) is 17.6 Å². The van der Waals surface area contributed by atoms with Crippen molar-refractivity contribution >= 4 is 15.7 Å². The van der Waals surface area contributed by atoms with E-state index in [-0.39, 0.29) is 35.1 Å². The van der Waals surface area contributed by atoms with Gasteiger partial charge in [-0.3, -0.25) is 4.79 Å². The molecule has 0 bridgehead atoms. The number of aryl methyl sites for hydroxylation is 2. The lowest BCUT2D eigenvalue weighted by Crippen LogP contribution is -2.32. The monoisotopic (exact) mass is 445 g/mol. The molecule has 0 saturated carbocycles. The molecule has 1 aromatic heterocycles. The highest BCUT2D eigenvalue weighted by Gasteiger charge is 2.32. The van der Waals surface area contributed by atoms with E-state index in [1.165, 1.54) is 25.3 Å². The van der Waals surface area contributed by atoms with Crippen LogP contribution >= 0.6 is 0 Å². The minimum atomic E-state index is -3.92. The molecule has 31 heavy (non-hydrogen) atoms. The van der Waals surface area contributed by atoms with Crippen LogP contribution < -0.4 is 10.1 Å². The summed E-state index contributed by atoms with van der Waals surface area (Å²) in [5, 5.41) is 1.56. The zero-order valence-corrected chi connectivity index (χ0v) is 18.1. The fourth-order valence-corrected chi connectivity index (χ4v) is 4.81. The van der Waals surface area contributed by atoms with Crippen molar-refractivity contribution in [2.24, 2.45) is 0 Å². The van der Waals surface area contributed by atoms with Crippen LogP contribution in [0.15, 0.2) is 70.2 Å². The fraction of sp³-hybridized carbons (Fsp3) is 0.261. The highest BCUT2D eigenvalue weighted by atomic mass is 32.2. The van der Waals surface area contributed by atoms with Gasteiger partial charge in [-0.05, 0) is 66.9 Å². The van der Waals surface area contributed by atoms with Crippen LogP contribution in [-0.4, -0.2) is 28.0 Å². The second kappa shape index (κ2) is 9.78. The Morgan fingerprint density at radius 1 is 1.16 bits per heavy atom. The number of sulfone groups is 1. The van der Waals surface area contributed by atoms with E-state index < -0.39 is 20.9 Å². The predicted molar refractivity (Wildman–Crippen MR) is 114 cm³/mol. The standard InChI is InChI=1S/C23H24FNO5S/c1-16-14-19(10-11-20(16)24)31(27,28)22(21-4-3-13-30-21)15-25-23(26)12-7-17-5-8-18(29-2)9-6-17/h3-6,8-11,13-14,22H,7,12,15H2,1-2H3,(H,25,26)/t22-/m1/s1. The highest BCUT2D eigenvalue weighted by Crippen LogP contribution is 2.30. The molecule has 1 N–H and O–H groups in total. The smallest absolute Gasteiger partial charge is 0.220 e. The molecule has 8 heteroatoms.